The van der Waals surface area contributed by atoms with Crippen molar-refractivity contribution in [3.05, 3.63) is 0 Å². The molecule has 16 heteroatoms. The van der Waals surface area contributed by atoms with Gasteiger partial charge in [0.15, 0.2) is 12.2 Å². The Hall–Kier alpha value is -1.83. The number of carbonyl (C=O) groups is 3. The van der Waals surface area contributed by atoms with E-state index in [-0.39, 0.29) is 0 Å². The lowest BCUT2D eigenvalue weighted by molar-refractivity contribution is -0.190. The fraction of sp³-hybridized carbons (Fsp3) is 0.812. The average molecular weight is 474 g/mol. The third-order valence-electron chi connectivity index (χ3n) is 4.66. The first kappa shape index (κ1) is 28.2. The van der Waals surface area contributed by atoms with Gasteiger partial charge in [-0.05, 0) is 0 Å². The van der Waals surface area contributed by atoms with E-state index in [0.29, 0.717) is 0 Å². The minimum atomic E-state index is -2.60. The highest BCUT2D eigenvalue weighted by atomic mass is 16.6. The number of esters is 2. The molecule has 1 aliphatic rings. The van der Waals surface area contributed by atoms with Gasteiger partial charge in [-0.3, -0.25) is 4.79 Å². The van der Waals surface area contributed by atoms with Crippen molar-refractivity contribution >= 4 is 17.7 Å². The molecule has 16 nitrogen and oxygen atoms in total. The molecule has 0 aromatic rings. The van der Waals surface area contributed by atoms with Gasteiger partial charge in [0.05, 0.1) is 6.61 Å². The molecule has 0 radical (unpaired) electrons. The van der Waals surface area contributed by atoms with Crippen molar-refractivity contribution in [2.24, 2.45) is 0 Å². The minimum absolute atomic E-state index is 1.03. The summed E-state index contributed by atoms with van der Waals surface area (Å²) in [5.41, 5.74) is 0. The molecule has 0 aromatic carbocycles. The molecule has 0 amide bonds. The smallest absolute Gasteiger partial charge is 0.343 e. The van der Waals surface area contributed by atoms with E-state index >= 15 is 0 Å². The number of Topliss-reactive ketones (excluding diaryl/α,β-unsaturated/α-hetero) is 1. The molecular formula is C16H26O16. The molecule has 1 aliphatic heterocycles. The lowest BCUT2D eigenvalue weighted by Gasteiger charge is -2.32. The maximum absolute atomic E-state index is 11.8. The Labute approximate surface area is 179 Å². The molecular weight excluding hydrogens is 448 g/mol. The van der Waals surface area contributed by atoms with E-state index in [1.165, 1.54) is 0 Å². The van der Waals surface area contributed by atoms with Gasteiger partial charge in [0.2, 0.25) is 11.9 Å². The van der Waals surface area contributed by atoms with Crippen molar-refractivity contribution in [3.63, 3.8) is 0 Å². The van der Waals surface area contributed by atoms with Crippen LogP contribution in [0.25, 0.3) is 0 Å². The number of ketones is 1. The summed E-state index contributed by atoms with van der Waals surface area (Å²) in [5, 5.41) is 105. The molecule has 11 N–H and O–H groups in total. The van der Waals surface area contributed by atoms with Crippen molar-refractivity contribution in [3.8, 4) is 0 Å². The third-order valence-corrected chi connectivity index (χ3v) is 4.66. The average Bonchev–Trinajstić information content (AvgIpc) is 3.05. The summed E-state index contributed by atoms with van der Waals surface area (Å²) in [6, 6.07) is 0. The Kier molecular flexibility index (Phi) is 10.5. The quantitative estimate of drug-likeness (QED) is 0.0924. The van der Waals surface area contributed by atoms with Gasteiger partial charge in [0.25, 0.3) is 0 Å². The lowest BCUT2D eigenvalue weighted by atomic mass is 9.93. The maximum atomic E-state index is 11.8. The van der Waals surface area contributed by atoms with E-state index in [1.54, 1.807) is 0 Å². The number of hydrogen-bond acceptors (Lipinski definition) is 16. The molecule has 9 unspecified atom stereocenters. The zero-order valence-electron chi connectivity index (χ0n) is 16.2. The summed E-state index contributed by atoms with van der Waals surface area (Å²) in [6.07, 6.45) is -25.0. The number of rotatable bonds is 12. The van der Waals surface area contributed by atoms with E-state index in [4.69, 9.17) is 10.2 Å². The Morgan fingerprint density at radius 2 is 1.31 bits per heavy atom. The van der Waals surface area contributed by atoms with Crippen LogP contribution in [0.15, 0.2) is 0 Å². The van der Waals surface area contributed by atoms with Crippen molar-refractivity contribution in [2.75, 3.05) is 13.2 Å². The zero-order chi connectivity index (χ0) is 24.9. The monoisotopic (exact) mass is 474 g/mol. The fourth-order valence-electron chi connectivity index (χ4n) is 2.60. The Bertz CT molecular complexity index is 656. The van der Waals surface area contributed by atoms with Crippen molar-refractivity contribution in [2.45, 2.75) is 67.1 Å². The number of ether oxygens (including phenoxy) is 2. The minimum Gasteiger partial charge on any atom is -0.461 e. The van der Waals surface area contributed by atoms with Gasteiger partial charge >= 0.3 is 11.9 Å². The van der Waals surface area contributed by atoms with E-state index in [1.807, 2.05) is 0 Å². The summed E-state index contributed by atoms with van der Waals surface area (Å²) in [4.78, 5) is 34.3. The third kappa shape index (κ3) is 6.36. The fourth-order valence-corrected chi connectivity index (χ4v) is 2.60. The summed E-state index contributed by atoms with van der Waals surface area (Å²) < 4.78 is 8.79. The second-order valence-electron chi connectivity index (χ2n) is 7.00. The van der Waals surface area contributed by atoms with E-state index in [2.05, 4.69) is 9.47 Å². The van der Waals surface area contributed by atoms with E-state index < -0.39 is 98.1 Å². The maximum Gasteiger partial charge on any atom is 0.343 e. The van der Waals surface area contributed by atoms with Crippen LogP contribution in [-0.2, 0) is 23.9 Å². The first-order valence-corrected chi connectivity index (χ1v) is 9.08. The first-order valence-electron chi connectivity index (χ1n) is 9.08. The van der Waals surface area contributed by atoms with Gasteiger partial charge in [-0.2, -0.15) is 0 Å². The normalized spacial score (nSPS) is 27.5. The summed E-state index contributed by atoms with van der Waals surface area (Å²) >= 11 is 0. The van der Waals surface area contributed by atoms with Crippen LogP contribution in [0.5, 0.6) is 0 Å². The molecule has 11 atom stereocenters. The topological polar surface area (TPSA) is 292 Å². The molecule has 0 saturated carbocycles. The molecule has 0 spiro atoms. The SMILES string of the molecule is O=C1O[C@H]([C@@H](O)COC(=O)C(O)C(O)C(O)C(O)C(O)C(O)C(O)C(O)CO)C(=O)C1O. The summed E-state index contributed by atoms with van der Waals surface area (Å²) in [6.45, 7) is -2.10. The van der Waals surface area contributed by atoms with Crippen molar-refractivity contribution in [1.29, 1.82) is 0 Å². The molecule has 1 heterocycles. The van der Waals surface area contributed by atoms with E-state index in [9.17, 15) is 60.3 Å². The highest BCUT2D eigenvalue weighted by molar-refractivity contribution is 6.09. The van der Waals surface area contributed by atoms with E-state index in [0.717, 1.165) is 0 Å². The van der Waals surface area contributed by atoms with Gasteiger partial charge < -0.3 is 65.6 Å². The number of hydrogen-bond donors (Lipinski definition) is 11. The van der Waals surface area contributed by atoms with Gasteiger partial charge in [-0.15, -0.1) is 0 Å². The molecule has 0 bridgehead atoms. The molecule has 1 fully saturated rings. The summed E-state index contributed by atoms with van der Waals surface area (Å²) in [5.74, 6) is -4.25. The van der Waals surface area contributed by atoms with Crippen LogP contribution in [0.1, 0.15) is 0 Å². The molecule has 0 aliphatic carbocycles. The Balaban J connectivity index is 2.65. The zero-order valence-corrected chi connectivity index (χ0v) is 16.2. The van der Waals surface area contributed by atoms with Crippen molar-refractivity contribution < 1.29 is 80.0 Å². The van der Waals surface area contributed by atoms with Crippen LogP contribution in [0.2, 0.25) is 0 Å². The van der Waals surface area contributed by atoms with Crippen molar-refractivity contribution in [1.82, 2.24) is 0 Å². The van der Waals surface area contributed by atoms with Gasteiger partial charge in [0, 0.05) is 0 Å². The van der Waals surface area contributed by atoms with Crippen LogP contribution >= 0.6 is 0 Å². The molecule has 1 saturated heterocycles. The molecule has 1 rings (SSSR count). The summed E-state index contributed by atoms with van der Waals surface area (Å²) in [7, 11) is 0. The lowest BCUT2D eigenvalue weighted by Crippen LogP contribution is -2.57. The Morgan fingerprint density at radius 1 is 0.844 bits per heavy atom. The Morgan fingerprint density at radius 3 is 1.75 bits per heavy atom. The molecule has 186 valence electrons. The second kappa shape index (κ2) is 11.9. The van der Waals surface area contributed by atoms with Gasteiger partial charge in [-0.25, -0.2) is 9.59 Å². The predicted octanol–water partition coefficient (Wildman–Crippen LogP) is -8.37. The predicted molar refractivity (Wildman–Crippen MR) is 93.0 cm³/mol. The van der Waals surface area contributed by atoms with Crippen LogP contribution in [0.3, 0.4) is 0 Å². The highest BCUT2D eigenvalue weighted by Crippen LogP contribution is 2.17. The second-order valence-corrected chi connectivity index (χ2v) is 7.00. The number of aliphatic hydroxyl groups excluding tert-OH is 11. The van der Waals surface area contributed by atoms with Crippen LogP contribution in [0.4, 0.5) is 0 Å². The van der Waals surface area contributed by atoms with Crippen LogP contribution < -0.4 is 0 Å². The number of aliphatic hydroxyl groups is 11. The standard InChI is InChI=1S/C16H26O16/c17-1-3(18)5(20)6(21)7(22)8(23)9(24)10(25)12(27)15(29)31-2-4(19)14-11(26)13(28)16(30)32-14/h3-10,12-14,17-25,27-28H,1-2H2/t3?,4-,5?,6?,7?,8?,9?,10?,12?,13?,14+/m0/s1. The van der Waals surface area contributed by atoms with Gasteiger partial charge in [0.1, 0.15) is 55.4 Å². The largest absolute Gasteiger partial charge is 0.461 e. The first-order chi connectivity index (χ1) is 14.8. The molecule has 0 aromatic heterocycles. The van der Waals surface area contributed by atoms with Crippen LogP contribution in [0, 0.1) is 0 Å². The number of carbonyl (C=O) groups excluding carboxylic acids is 3. The number of cyclic esters (lactones) is 1. The molecule has 32 heavy (non-hydrogen) atoms. The highest BCUT2D eigenvalue weighted by Gasteiger charge is 2.47. The van der Waals surface area contributed by atoms with Crippen LogP contribution in [-0.4, -0.2) is 154 Å². The van der Waals surface area contributed by atoms with Gasteiger partial charge in [-0.1, -0.05) is 0 Å².